The number of amides is 1. The first-order valence-corrected chi connectivity index (χ1v) is 7.46. The Labute approximate surface area is 118 Å². The van der Waals surface area contributed by atoms with E-state index in [-0.39, 0.29) is 17.2 Å². The number of carbonyl (C=O) groups excluding carboxylic acids is 1. The van der Waals surface area contributed by atoms with Crippen LogP contribution in [0.2, 0.25) is 0 Å². The molecule has 1 unspecified atom stereocenters. The van der Waals surface area contributed by atoms with E-state index in [1.54, 1.807) is 0 Å². The summed E-state index contributed by atoms with van der Waals surface area (Å²) in [6.45, 7) is 6.36. The van der Waals surface area contributed by atoms with Crippen LogP contribution in [0, 0.1) is 0 Å². The van der Waals surface area contributed by atoms with E-state index in [4.69, 9.17) is 5.73 Å². The third-order valence-corrected chi connectivity index (χ3v) is 4.23. The van der Waals surface area contributed by atoms with Gasteiger partial charge in [0.15, 0.2) is 5.16 Å². The third kappa shape index (κ3) is 4.21. The number of nitrogens with one attached hydrogen (secondary N) is 1. The largest absolute Gasteiger partial charge is 0.352 e. The highest BCUT2D eigenvalue weighted by molar-refractivity contribution is 8.00. The first-order chi connectivity index (χ1) is 9.03. The van der Waals surface area contributed by atoms with Crippen LogP contribution in [0.5, 0.6) is 0 Å². The van der Waals surface area contributed by atoms with Gasteiger partial charge in [0.2, 0.25) is 5.91 Å². The summed E-state index contributed by atoms with van der Waals surface area (Å²) in [5, 5.41) is 11.6. The summed E-state index contributed by atoms with van der Waals surface area (Å²) in [7, 11) is 1.86. The Kier molecular flexibility index (Phi) is 6.30. The molecule has 0 radical (unpaired) electrons. The molecular formula is C12H23N5OS. The molecule has 0 bridgehead atoms. The summed E-state index contributed by atoms with van der Waals surface area (Å²) in [5.74, 6) is 0.756. The summed E-state index contributed by atoms with van der Waals surface area (Å²) in [5.41, 5.74) is 5.54. The number of aromatic nitrogens is 3. The summed E-state index contributed by atoms with van der Waals surface area (Å²) in [6.07, 6.45) is 1.89. The molecule has 0 aliphatic rings. The maximum atomic E-state index is 12.0. The number of nitrogens with zero attached hydrogens (tertiary/aromatic N) is 3. The zero-order chi connectivity index (χ0) is 14.4. The van der Waals surface area contributed by atoms with Gasteiger partial charge in [-0.2, -0.15) is 0 Å². The molecule has 6 nitrogen and oxygen atoms in total. The smallest absolute Gasteiger partial charge is 0.233 e. The lowest BCUT2D eigenvalue weighted by Crippen LogP contribution is -2.38. The number of nitrogens with two attached hydrogens (primary N) is 1. The molecule has 0 spiro atoms. The maximum Gasteiger partial charge on any atom is 0.233 e. The highest BCUT2D eigenvalue weighted by atomic mass is 32.2. The van der Waals surface area contributed by atoms with Crippen molar-refractivity contribution in [2.45, 2.75) is 56.6 Å². The molecule has 0 saturated heterocycles. The van der Waals surface area contributed by atoms with Gasteiger partial charge < -0.3 is 15.6 Å². The molecule has 19 heavy (non-hydrogen) atoms. The number of hydrogen-bond donors (Lipinski definition) is 2. The Balaban J connectivity index is 2.60. The summed E-state index contributed by atoms with van der Waals surface area (Å²) in [4.78, 5) is 12.0. The highest BCUT2D eigenvalue weighted by Gasteiger charge is 2.20. The highest BCUT2D eigenvalue weighted by Crippen LogP contribution is 2.21. The Morgan fingerprint density at radius 1 is 1.42 bits per heavy atom. The zero-order valence-electron chi connectivity index (χ0n) is 12.0. The molecule has 1 amide bonds. The normalized spacial score (nSPS) is 12.7. The van der Waals surface area contributed by atoms with Crippen molar-refractivity contribution in [3.05, 3.63) is 5.82 Å². The van der Waals surface area contributed by atoms with Crippen molar-refractivity contribution >= 4 is 17.7 Å². The molecule has 1 heterocycles. The molecule has 0 saturated carbocycles. The van der Waals surface area contributed by atoms with Crippen LogP contribution in [0.4, 0.5) is 0 Å². The molecule has 1 aromatic heterocycles. The number of thioether (sulfide) groups is 1. The Morgan fingerprint density at radius 3 is 2.53 bits per heavy atom. The van der Waals surface area contributed by atoms with Gasteiger partial charge in [-0.15, -0.1) is 10.2 Å². The van der Waals surface area contributed by atoms with E-state index in [1.165, 1.54) is 11.8 Å². The van der Waals surface area contributed by atoms with Gasteiger partial charge in [-0.3, -0.25) is 4.79 Å². The monoisotopic (exact) mass is 285 g/mol. The van der Waals surface area contributed by atoms with E-state index in [9.17, 15) is 4.79 Å². The van der Waals surface area contributed by atoms with Crippen LogP contribution in [0.1, 0.15) is 39.4 Å². The molecule has 0 fully saturated rings. The van der Waals surface area contributed by atoms with Gasteiger partial charge in [-0.05, 0) is 19.8 Å². The van der Waals surface area contributed by atoms with E-state index in [1.807, 2.05) is 18.5 Å². The predicted molar refractivity (Wildman–Crippen MR) is 76.7 cm³/mol. The van der Waals surface area contributed by atoms with Gasteiger partial charge in [-0.1, -0.05) is 25.6 Å². The molecule has 0 aromatic carbocycles. The number of carbonyl (C=O) groups is 1. The molecule has 0 aliphatic carbocycles. The molecule has 7 heteroatoms. The molecule has 1 atom stereocenters. The average Bonchev–Trinajstić information content (AvgIpc) is 2.76. The van der Waals surface area contributed by atoms with Gasteiger partial charge in [0, 0.05) is 13.1 Å². The molecular weight excluding hydrogens is 262 g/mol. The first kappa shape index (κ1) is 16.0. The maximum absolute atomic E-state index is 12.0. The van der Waals surface area contributed by atoms with Crippen LogP contribution in [0.25, 0.3) is 0 Å². The second-order valence-corrected chi connectivity index (χ2v) is 5.75. The minimum Gasteiger partial charge on any atom is -0.352 e. The van der Waals surface area contributed by atoms with Crippen LogP contribution in [0.3, 0.4) is 0 Å². The SMILES string of the molecule is CCC(CC)NC(=O)C(C)Sc1nnc(CN)n1C. The van der Waals surface area contributed by atoms with Gasteiger partial charge in [0.25, 0.3) is 0 Å². The van der Waals surface area contributed by atoms with Gasteiger partial charge >= 0.3 is 0 Å². The number of hydrogen-bond acceptors (Lipinski definition) is 5. The van der Waals surface area contributed by atoms with E-state index in [0.29, 0.717) is 11.7 Å². The summed E-state index contributed by atoms with van der Waals surface area (Å²) < 4.78 is 1.82. The zero-order valence-corrected chi connectivity index (χ0v) is 12.8. The number of rotatable bonds is 7. The minimum absolute atomic E-state index is 0.0380. The fourth-order valence-corrected chi connectivity index (χ4v) is 2.49. The van der Waals surface area contributed by atoms with Crippen molar-refractivity contribution < 1.29 is 4.79 Å². The van der Waals surface area contributed by atoms with Gasteiger partial charge in [0.1, 0.15) is 5.82 Å². The molecule has 108 valence electrons. The van der Waals surface area contributed by atoms with Crippen molar-refractivity contribution in [1.82, 2.24) is 20.1 Å². The Hall–Kier alpha value is -1.08. The summed E-state index contributed by atoms with van der Waals surface area (Å²) in [6, 6.07) is 0.245. The van der Waals surface area contributed by atoms with Gasteiger partial charge in [0.05, 0.1) is 11.8 Å². The van der Waals surface area contributed by atoms with E-state index in [0.717, 1.165) is 18.7 Å². The minimum atomic E-state index is -0.200. The fourth-order valence-electron chi connectivity index (χ4n) is 1.65. The van der Waals surface area contributed by atoms with Crippen molar-refractivity contribution in [1.29, 1.82) is 0 Å². The first-order valence-electron chi connectivity index (χ1n) is 6.58. The predicted octanol–water partition coefficient (Wildman–Crippen LogP) is 1.06. The molecule has 1 aromatic rings. The lowest BCUT2D eigenvalue weighted by molar-refractivity contribution is -0.121. The van der Waals surface area contributed by atoms with Crippen molar-refractivity contribution in [3.63, 3.8) is 0 Å². The van der Waals surface area contributed by atoms with Crippen LogP contribution >= 0.6 is 11.8 Å². The van der Waals surface area contributed by atoms with Crippen LogP contribution in [-0.4, -0.2) is 32.0 Å². The van der Waals surface area contributed by atoms with E-state index in [2.05, 4.69) is 29.4 Å². The van der Waals surface area contributed by atoms with Crippen molar-refractivity contribution in [2.24, 2.45) is 12.8 Å². The van der Waals surface area contributed by atoms with Crippen molar-refractivity contribution in [3.8, 4) is 0 Å². The van der Waals surface area contributed by atoms with Gasteiger partial charge in [-0.25, -0.2) is 0 Å². The van der Waals surface area contributed by atoms with E-state index < -0.39 is 0 Å². The van der Waals surface area contributed by atoms with E-state index >= 15 is 0 Å². The third-order valence-electron chi connectivity index (χ3n) is 3.09. The topological polar surface area (TPSA) is 85.8 Å². The molecule has 3 N–H and O–H groups in total. The quantitative estimate of drug-likeness (QED) is 0.732. The lowest BCUT2D eigenvalue weighted by atomic mass is 10.2. The van der Waals surface area contributed by atoms with Crippen LogP contribution in [-0.2, 0) is 18.4 Å². The second kappa shape index (κ2) is 7.49. The Bertz CT molecular complexity index is 416. The lowest BCUT2D eigenvalue weighted by Gasteiger charge is -2.17. The van der Waals surface area contributed by atoms with Crippen molar-refractivity contribution in [2.75, 3.05) is 0 Å². The van der Waals surface area contributed by atoms with Crippen LogP contribution in [0.15, 0.2) is 5.16 Å². The molecule has 0 aliphatic heterocycles. The van der Waals surface area contributed by atoms with Crippen LogP contribution < -0.4 is 11.1 Å². The average molecular weight is 285 g/mol. The second-order valence-electron chi connectivity index (χ2n) is 4.44. The Morgan fingerprint density at radius 2 is 2.05 bits per heavy atom. The summed E-state index contributed by atoms with van der Waals surface area (Å²) >= 11 is 1.40. The fraction of sp³-hybridized carbons (Fsp3) is 0.750. The standard InChI is InChI=1S/C12H23N5OS/c1-5-9(6-2)14-11(18)8(3)19-12-16-15-10(7-13)17(12)4/h8-9H,5-7,13H2,1-4H3,(H,14,18). The molecule has 1 rings (SSSR count).